The van der Waals surface area contributed by atoms with Crippen LogP contribution in [0.2, 0.25) is 0 Å². The highest BCUT2D eigenvalue weighted by atomic mass is 16.6. The van der Waals surface area contributed by atoms with E-state index in [-0.39, 0.29) is 31.7 Å². The number of esters is 2. The molecule has 6 nitrogen and oxygen atoms in total. The van der Waals surface area contributed by atoms with Gasteiger partial charge in [0.2, 0.25) is 0 Å². The Labute approximate surface area is 187 Å². The molecule has 0 aromatic heterocycles. The van der Waals surface area contributed by atoms with Crippen LogP contribution in [0.4, 0.5) is 0 Å². The highest BCUT2D eigenvalue weighted by Crippen LogP contribution is 2.04. The quantitative estimate of drug-likeness (QED) is 0.141. The molecule has 31 heavy (non-hydrogen) atoms. The van der Waals surface area contributed by atoms with Gasteiger partial charge in [-0.3, -0.25) is 9.59 Å². The normalized spacial score (nSPS) is 14.1. The second-order valence-electron chi connectivity index (χ2n) is 7.32. The van der Waals surface area contributed by atoms with Crippen molar-refractivity contribution in [3.63, 3.8) is 0 Å². The summed E-state index contributed by atoms with van der Waals surface area (Å²) in [5.74, 6) is -0.852. The van der Waals surface area contributed by atoms with E-state index in [1.807, 2.05) is 30.4 Å². The van der Waals surface area contributed by atoms with Crippen LogP contribution in [0.25, 0.3) is 0 Å². The fourth-order valence-corrected chi connectivity index (χ4v) is 2.50. The molecule has 0 bridgehead atoms. The number of aliphatic hydroxyl groups is 2. The Morgan fingerprint density at radius 3 is 2.26 bits per heavy atom. The van der Waals surface area contributed by atoms with Gasteiger partial charge in [0.05, 0.1) is 6.10 Å². The highest BCUT2D eigenvalue weighted by molar-refractivity contribution is 5.69. The van der Waals surface area contributed by atoms with E-state index >= 15 is 0 Å². The largest absolute Gasteiger partial charge is 0.463 e. The number of hydrogen-bond acceptors (Lipinski definition) is 6. The summed E-state index contributed by atoms with van der Waals surface area (Å²) >= 11 is 0. The van der Waals surface area contributed by atoms with Gasteiger partial charge in [0.15, 0.2) is 0 Å². The molecule has 0 aromatic rings. The molecule has 0 rings (SSSR count). The van der Waals surface area contributed by atoms with Gasteiger partial charge < -0.3 is 19.7 Å². The molecule has 176 valence electrons. The van der Waals surface area contributed by atoms with Crippen molar-refractivity contribution >= 4 is 11.9 Å². The molecular weight excluding hydrogens is 396 g/mol. The molecule has 0 saturated heterocycles. The van der Waals surface area contributed by atoms with Crippen molar-refractivity contribution in [3.8, 4) is 0 Å². The van der Waals surface area contributed by atoms with Gasteiger partial charge in [-0.25, -0.2) is 0 Å². The molecule has 6 heteroatoms. The summed E-state index contributed by atoms with van der Waals surface area (Å²) in [6, 6.07) is 0. The Morgan fingerprint density at radius 2 is 1.55 bits per heavy atom. The fraction of sp³-hybridized carbons (Fsp3) is 0.600. The van der Waals surface area contributed by atoms with Gasteiger partial charge in [0, 0.05) is 13.3 Å². The van der Waals surface area contributed by atoms with Gasteiger partial charge in [-0.1, -0.05) is 74.8 Å². The third-order valence-electron chi connectivity index (χ3n) is 4.23. The van der Waals surface area contributed by atoms with Crippen LogP contribution in [-0.4, -0.2) is 47.6 Å². The second kappa shape index (κ2) is 21.1. The molecule has 0 aliphatic rings. The minimum absolute atomic E-state index is 0.170. The zero-order valence-corrected chi connectivity index (χ0v) is 19.1. The van der Waals surface area contributed by atoms with Crippen molar-refractivity contribution in [2.24, 2.45) is 0 Å². The first kappa shape index (κ1) is 28.8. The van der Waals surface area contributed by atoms with Crippen molar-refractivity contribution in [3.05, 3.63) is 48.6 Å². The number of unbranched alkanes of at least 4 members (excludes halogenated alkanes) is 3. The number of carbonyl (C=O) groups is 2. The second-order valence-corrected chi connectivity index (χ2v) is 7.32. The van der Waals surface area contributed by atoms with Crippen LogP contribution < -0.4 is 0 Å². The summed E-state index contributed by atoms with van der Waals surface area (Å²) in [6.07, 6.45) is 22.3. The first-order valence-corrected chi connectivity index (χ1v) is 11.2. The van der Waals surface area contributed by atoms with Crippen molar-refractivity contribution in [2.45, 2.75) is 83.8 Å². The zero-order valence-electron chi connectivity index (χ0n) is 19.1. The lowest BCUT2D eigenvalue weighted by atomic mass is 10.1. The Morgan fingerprint density at radius 1 is 0.871 bits per heavy atom. The SMILES string of the molecule is CCCCC[C@@H](O)/C=C/C=C\C/C=C\C/C=C\CCCC(=O)OC[C@@H](O)COC(C)=O. The zero-order chi connectivity index (χ0) is 23.2. The summed E-state index contributed by atoms with van der Waals surface area (Å²) in [5, 5.41) is 19.2. The molecule has 0 unspecified atom stereocenters. The summed E-state index contributed by atoms with van der Waals surface area (Å²) in [5.41, 5.74) is 0. The topological polar surface area (TPSA) is 93.1 Å². The molecule has 0 saturated carbocycles. The van der Waals surface area contributed by atoms with E-state index in [1.165, 1.54) is 13.3 Å². The van der Waals surface area contributed by atoms with Crippen molar-refractivity contribution in [2.75, 3.05) is 13.2 Å². The predicted octanol–water partition coefficient (Wildman–Crippen LogP) is 4.57. The van der Waals surface area contributed by atoms with Crippen molar-refractivity contribution in [1.29, 1.82) is 0 Å². The van der Waals surface area contributed by atoms with E-state index < -0.39 is 12.1 Å². The standard InChI is InChI=1S/C25H40O6/c1-3-4-14-17-23(27)18-15-12-10-8-6-5-7-9-11-13-16-19-25(29)31-21-24(28)20-30-22(2)26/h5-6,9-12,15,18,23-24,27-28H,3-4,7-8,13-14,16-17,19-21H2,1-2H3/b6-5-,11-9-,12-10-,18-15+/t23-,24+/m1/s1. The van der Waals surface area contributed by atoms with Crippen molar-refractivity contribution in [1.82, 2.24) is 0 Å². The van der Waals surface area contributed by atoms with Crippen LogP contribution >= 0.6 is 0 Å². The molecule has 0 spiro atoms. The van der Waals surface area contributed by atoms with E-state index in [4.69, 9.17) is 4.74 Å². The number of allylic oxidation sites excluding steroid dienone is 7. The molecule has 0 aliphatic carbocycles. The van der Waals surface area contributed by atoms with E-state index in [1.54, 1.807) is 0 Å². The Balaban J connectivity index is 3.66. The average Bonchev–Trinajstić information content (AvgIpc) is 2.74. The van der Waals surface area contributed by atoms with Crippen LogP contribution in [0.15, 0.2) is 48.6 Å². The first-order valence-electron chi connectivity index (χ1n) is 11.2. The lowest BCUT2D eigenvalue weighted by Crippen LogP contribution is -2.24. The van der Waals surface area contributed by atoms with Gasteiger partial charge in [-0.2, -0.15) is 0 Å². The third-order valence-corrected chi connectivity index (χ3v) is 4.23. The lowest BCUT2D eigenvalue weighted by molar-refractivity contribution is -0.151. The van der Waals surface area contributed by atoms with Gasteiger partial charge in [0.25, 0.3) is 0 Å². The van der Waals surface area contributed by atoms with E-state index in [0.717, 1.165) is 38.5 Å². The Bertz CT molecular complexity index is 577. The van der Waals surface area contributed by atoms with Crippen LogP contribution in [0.3, 0.4) is 0 Å². The molecule has 0 heterocycles. The average molecular weight is 437 g/mol. The number of ether oxygens (including phenoxy) is 2. The fourth-order valence-electron chi connectivity index (χ4n) is 2.50. The molecule has 0 aliphatic heterocycles. The summed E-state index contributed by atoms with van der Waals surface area (Å²) in [6.45, 7) is 3.06. The van der Waals surface area contributed by atoms with Gasteiger partial charge in [-0.15, -0.1) is 0 Å². The Hall–Kier alpha value is -2.18. The monoisotopic (exact) mass is 436 g/mol. The first-order chi connectivity index (χ1) is 15.0. The minimum Gasteiger partial charge on any atom is -0.463 e. The minimum atomic E-state index is -0.993. The number of hydrogen-bond donors (Lipinski definition) is 2. The molecular formula is C25H40O6. The summed E-state index contributed by atoms with van der Waals surface area (Å²) in [4.78, 5) is 22.2. The molecule has 2 atom stereocenters. The summed E-state index contributed by atoms with van der Waals surface area (Å²) in [7, 11) is 0. The third kappa shape index (κ3) is 22.3. The maximum atomic E-state index is 11.6. The molecule has 0 aromatic carbocycles. The van der Waals surface area contributed by atoms with Gasteiger partial charge in [0.1, 0.15) is 19.3 Å². The molecule has 0 radical (unpaired) electrons. The van der Waals surface area contributed by atoms with Crippen LogP contribution in [-0.2, 0) is 19.1 Å². The maximum absolute atomic E-state index is 11.6. The molecule has 0 amide bonds. The number of rotatable bonds is 18. The van der Waals surface area contributed by atoms with Gasteiger partial charge >= 0.3 is 11.9 Å². The predicted molar refractivity (Wildman–Crippen MR) is 123 cm³/mol. The van der Waals surface area contributed by atoms with Gasteiger partial charge in [-0.05, 0) is 32.1 Å². The lowest BCUT2D eigenvalue weighted by Gasteiger charge is -2.10. The Kier molecular flexibility index (Phi) is 19.6. The summed E-state index contributed by atoms with van der Waals surface area (Å²) < 4.78 is 9.56. The van der Waals surface area contributed by atoms with E-state index in [0.29, 0.717) is 6.42 Å². The van der Waals surface area contributed by atoms with Crippen LogP contribution in [0.1, 0.15) is 71.6 Å². The van der Waals surface area contributed by atoms with Crippen LogP contribution in [0, 0.1) is 0 Å². The van der Waals surface area contributed by atoms with Crippen molar-refractivity contribution < 1.29 is 29.3 Å². The number of carbonyl (C=O) groups excluding carboxylic acids is 2. The number of aliphatic hydroxyl groups excluding tert-OH is 2. The maximum Gasteiger partial charge on any atom is 0.305 e. The smallest absolute Gasteiger partial charge is 0.305 e. The molecule has 2 N–H and O–H groups in total. The van der Waals surface area contributed by atoms with Crippen LogP contribution in [0.5, 0.6) is 0 Å². The highest BCUT2D eigenvalue weighted by Gasteiger charge is 2.09. The van der Waals surface area contributed by atoms with E-state index in [2.05, 4.69) is 29.9 Å². The molecule has 0 fully saturated rings. The van der Waals surface area contributed by atoms with E-state index in [9.17, 15) is 19.8 Å².